The number of likely N-dealkylation sites (tertiary alicyclic amines) is 1. The number of aliphatic hydroxyl groups is 1. The molecule has 2 bridgehead atoms. The molecule has 10 heteroatoms. The molecule has 2 fully saturated rings. The number of unbranched alkanes of at least 4 members (excludes halogenated alkanes) is 1. The number of rotatable bonds is 9. The molecule has 0 radical (unpaired) electrons. The normalized spacial score (nSPS) is 28.4. The summed E-state index contributed by atoms with van der Waals surface area (Å²) in [5.41, 5.74) is -0.603. The summed E-state index contributed by atoms with van der Waals surface area (Å²) in [4.78, 5) is 30.0. The Morgan fingerprint density at radius 2 is 2.04 bits per heavy atom. The SMILES string of the molecule is C=CCN1CC[C@]23c4c5ccc(OC(C)=O)c4O[C@H]2[C@H](N(CCCC)C(=O)C=Cc2cccc(C(F)(F)F)c2)CC[C@@]3(O)[C@H]1C5. The zero-order valence-corrected chi connectivity index (χ0v) is 25.6. The van der Waals surface area contributed by atoms with Gasteiger partial charge in [-0.3, -0.25) is 14.5 Å². The smallest absolute Gasteiger partial charge is 0.416 e. The molecule has 45 heavy (non-hydrogen) atoms. The van der Waals surface area contributed by atoms with Gasteiger partial charge in [0, 0.05) is 37.7 Å². The van der Waals surface area contributed by atoms with E-state index in [1.165, 1.54) is 31.2 Å². The third-order valence-corrected chi connectivity index (χ3v) is 10.2. The Bertz CT molecular complexity index is 1540. The predicted molar refractivity (Wildman–Crippen MR) is 163 cm³/mol. The lowest BCUT2D eigenvalue weighted by molar-refractivity contribution is -0.199. The van der Waals surface area contributed by atoms with E-state index in [1.54, 1.807) is 11.0 Å². The summed E-state index contributed by atoms with van der Waals surface area (Å²) < 4.78 is 52.3. The first kappa shape index (κ1) is 31.4. The lowest BCUT2D eigenvalue weighted by atomic mass is 9.48. The average Bonchev–Trinajstić information content (AvgIpc) is 3.35. The summed E-state index contributed by atoms with van der Waals surface area (Å²) in [6.07, 6.45) is 3.13. The second kappa shape index (κ2) is 11.6. The minimum absolute atomic E-state index is 0.185. The quantitative estimate of drug-likeness (QED) is 0.167. The van der Waals surface area contributed by atoms with Crippen LogP contribution >= 0.6 is 0 Å². The van der Waals surface area contributed by atoms with Crippen molar-refractivity contribution in [3.8, 4) is 11.5 Å². The molecule has 1 N–H and O–H groups in total. The molecule has 7 nitrogen and oxygen atoms in total. The molecule has 2 aromatic carbocycles. The number of piperidine rings is 1. The molecule has 1 spiro atoms. The third-order valence-electron chi connectivity index (χ3n) is 10.2. The van der Waals surface area contributed by atoms with Gasteiger partial charge in [0.15, 0.2) is 11.5 Å². The standard InChI is InChI=1S/C35H39F3N2O5/c1-4-6-18-40(29(42)13-10-23-8-7-9-25(20-23)35(36,37)38)26-14-15-34(43)28-21-24-11-12-27(44-22(3)41)31-30(24)33(34,32(26)45-31)16-19-39(28)17-5-2/h5,7-13,20,26,28,32,43H,2,4,6,14-19,21H2,1,3H3/t26-,28-,32+,33+,34-/m1/s1. The number of benzene rings is 2. The van der Waals surface area contributed by atoms with Gasteiger partial charge in [-0.25, -0.2) is 0 Å². The van der Waals surface area contributed by atoms with Crippen LogP contribution in [0.15, 0.2) is 55.1 Å². The molecule has 2 aliphatic heterocycles. The zero-order valence-electron chi connectivity index (χ0n) is 25.6. The van der Waals surface area contributed by atoms with Gasteiger partial charge in [0.25, 0.3) is 0 Å². The van der Waals surface area contributed by atoms with E-state index in [0.717, 1.165) is 36.1 Å². The lowest BCUT2D eigenvalue weighted by Crippen LogP contribution is -2.78. The summed E-state index contributed by atoms with van der Waals surface area (Å²) in [6, 6.07) is 7.96. The van der Waals surface area contributed by atoms with E-state index in [-0.39, 0.29) is 17.5 Å². The van der Waals surface area contributed by atoms with E-state index >= 15 is 0 Å². The van der Waals surface area contributed by atoms with E-state index in [2.05, 4.69) is 11.5 Å². The first-order valence-corrected chi connectivity index (χ1v) is 15.7. The van der Waals surface area contributed by atoms with Crippen molar-refractivity contribution in [3.63, 3.8) is 0 Å². The second-order valence-corrected chi connectivity index (χ2v) is 12.7. The van der Waals surface area contributed by atoms with E-state index in [0.29, 0.717) is 56.8 Å². The van der Waals surface area contributed by atoms with Gasteiger partial charge in [-0.1, -0.05) is 37.6 Å². The molecule has 4 aliphatic rings. The van der Waals surface area contributed by atoms with Gasteiger partial charge in [0.1, 0.15) is 6.10 Å². The van der Waals surface area contributed by atoms with Crippen molar-refractivity contribution in [2.45, 2.75) is 87.8 Å². The van der Waals surface area contributed by atoms with Crippen LogP contribution in [0.25, 0.3) is 6.08 Å². The molecule has 1 amide bonds. The van der Waals surface area contributed by atoms with Crippen molar-refractivity contribution in [2.24, 2.45) is 0 Å². The highest BCUT2D eigenvalue weighted by atomic mass is 19.4. The van der Waals surface area contributed by atoms with Gasteiger partial charge in [-0.2, -0.15) is 13.2 Å². The molecule has 2 aliphatic carbocycles. The molecular formula is C35H39F3N2O5. The fourth-order valence-electron chi connectivity index (χ4n) is 8.38. The zero-order chi connectivity index (χ0) is 32.1. The highest BCUT2D eigenvalue weighted by molar-refractivity contribution is 5.92. The molecule has 5 atom stereocenters. The fraction of sp³-hybridized carbons (Fsp3) is 0.486. The average molecular weight is 625 g/mol. The number of hydrogen-bond donors (Lipinski definition) is 1. The van der Waals surface area contributed by atoms with Crippen LogP contribution in [0.1, 0.15) is 68.2 Å². The summed E-state index contributed by atoms with van der Waals surface area (Å²) in [5, 5.41) is 12.8. The Morgan fingerprint density at radius 1 is 1.24 bits per heavy atom. The molecule has 2 aromatic rings. The molecular weight excluding hydrogens is 585 g/mol. The maximum Gasteiger partial charge on any atom is 0.416 e. The second-order valence-electron chi connectivity index (χ2n) is 12.7. The van der Waals surface area contributed by atoms with Gasteiger partial charge in [-0.15, -0.1) is 6.58 Å². The summed E-state index contributed by atoms with van der Waals surface area (Å²) >= 11 is 0. The molecule has 0 aromatic heterocycles. The van der Waals surface area contributed by atoms with Crippen molar-refractivity contribution in [1.29, 1.82) is 0 Å². The van der Waals surface area contributed by atoms with Gasteiger partial charge in [0.2, 0.25) is 5.91 Å². The molecule has 0 unspecified atom stereocenters. The molecule has 1 saturated heterocycles. The number of amides is 1. The van der Waals surface area contributed by atoms with Crippen molar-refractivity contribution in [2.75, 3.05) is 19.6 Å². The fourth-order valence-corrected chi connectivity index (χ4v) is 8.38. The number of carbonyl (C=O) groups excluding carboxylic acids is 2. The van der Waals surface area contributed by atoms with Crippen molar-refractivity contribution >= 4 is 18.0 Å². The highest BCUT2D eigenvalue weighted by Gasteiger charge is 2.73. The van der Waals surface area contributed by atoms with Gasteiger partial charge < -0.3 is 19.5 Å². The Morgan fingerprint density at radius 3 is 2.76 bits per heavy atom. The van der Waals surface area contributed by atoms with E-state index in [1.807, 2.05) is 19.1 Å². The molecule has 1 saturated carbocycles. The van der Waals surface area contributed by atoms with Crippen LogP contribution in [-0.2, 0) is 27.6 Å². The topological polar surface area (TPSA) is 79.3 Å². The van der Waals surface area contributed by atoms with Crippen LogP contribution in [-0.4, -0.2) is 70.2 Å². The Hall–Kier alpha value is -3.63. The minimum Gasteiger partial charge on any atom is -0.483 e. The highest BCUT2D eigenvalue weighted by Crippen LogP contribution is 2.66. The van der Waals surface area contributed by atoms with Crippen LogP contribution in [0, 0.1) is 0 Å². The maximum atomic E-state index is 13.9. The Kier molecular flexibility index (Phi) is 8.10. The number of hydrogen-bond acceptors (Lipinski definition) is 6. The third kappa shape index (κ3) is 5.06. The summed E-state index contributed by atoms with van der Waals surface area (Å²) in [5.74, 6) is -0.0582. The van der Waals surface area contributed by atoms with Crippen molar-refractivity contribution in [3.05, 3.63) is 77.4 Å². The van der Waals surface area contributed by atoms with E-state index < -0.39 is 40.9 Å². The van der Waals surface area contributed by atoms with E-state index in [4.69, 9.17) is 9.47 Å². The summed E-state index contributed by atoms with van der Waals surface area (Å²) in [6.45, 7) is 9.04. The predicted octanol–water partition coefficient (Wildman–Crippen LogP) is 5.68. The van der Waals surface area contributed by atoms with Crippen LogP contribution in [0.3, 0.4) is 0 Å². The Labute approximate surface area is 261 Å². The van der Waals surface area contributed by atoms with Gasteiger partial charge >= 0.3 is 12.1 Å². The number of halogens is 3. The van der Waals surface area contributed by atoms with E-state index in [9.17, 15) is 27.9 Å². The monoisotopic (exact) mass is 624 g/mol. The number of ether oxygens (including phenoxy) is 2. The van der Waals surface area contributed by atoms with Gasteiger partial charge in [-0.05, 0) is 74.1 Å². The van der Waals surface area contributed by atoms with Crippen LogP contribution < -0.4 is 9.47 Å². The Balaban J connectivity index is 1.41. The lowest BCUT2D eigenvalue weighted by Gasteiger charge is -2.64. The van der Waals surface area contributed by atoms with Crippen molar-refractivity contribution in [1.82, 2.24) is 9.80 Å². The number of carbonyl (C=O) groups is 2. The molecule has 2 heterocycles. The molecule has 6 rings (SSSR count). The minimum atomic E-state index is -4.49. The van der Waals surface area contributed by atoms with Crippen LogP contribution in [0.4, 0.5) is 13.2 Å². The number of alkyl halides is 3. The van der Waals surface area contributed by atoms with Crippen LogP contribution in [0.2, 0.25) is 0 Å². The maximum absolute atomic E-state index is 13.9. The number of esters is 1. The number of nitrogens with zero attached hydrogens (tertiary/aromatic N) is 2. The largest absolute Gasteiger partial charge is 0.483 e. The summed E-state index contributed by atoms with van der Waals surface area (Å²) in [7, 11) is 0. The first-order valence-electron chi connectivity index (χ1n) is 15.7. The first-order chi connectivity index (χ1) is 21.4. The van der Waals surface area contributed by atoms with Crippen molar-refractivity contribution < 1.29 is 37.3 Å². The van der Waals surface area contributed by atoms with Gasteiger partial charge in [0.05, 0.1) is 22.6 Å². The van der Waals surface area contributed by atoms with Crippen LogP contribution in [0.5, 0.6) is 11.5 Å². The molecule has 240 valence electrons.